The summed E-state index contributed by atoms with van der Waals surface area (Å²) in [7, 11) is 0. The van der Waals surface area contributed by atoms with Crippen molar-refractivity contribution in [2.45, 2.75) is 32.9 Å². The molecule has 1 rings (SSSR count). The SMILES string of the molecule is CCCN(CCC(=O)Nc1cccc(C(F)(F)F)c1)C(C)=O. The molecule has 7 heteroatoms. The van der Waals surface area contributed by atoms with Crippen molar-refractivity contribution in [3.05, 3.63) is 29.8 Å². The smallest absolute Gasteiger partial charge is 0.342 e. The van der Waals surface area contributed by atoms with Gasteiger partial charge in [0.25, 0.3) is 0 Å². The summed E-state index contributed by atoms with van der Waals surface area (Å²) in [4.78, 5) is 24.6. The van der Waals surface area contributed by atoms with Gasteiger partial charge in [-0.15, -0.1) is 0 Å². The number of rotatable bonds is 6. The van der Waals surface area contributed by atoms with Crippen LogP contribution in [0.2, 0.25) is 0 Å². The van der Waals surface area contributed by atoms with E-state index in [-0.39, 0.29) is 24.6 Å². The molecule has 0 aliphatic carbocycles. The first-order valence-electron chi connectivity index (χ1n) is 6.96. The molecule has 22 heavy (non-hydrogen) atoms. The Morgan fingerprint density at radius 2 is 1.91 bits per heavy atom. The first kappa shape index (κ1) is 18.0. The molecule has 0 aliphatic heterocycles. The molecule has 122 valence electrons. The molecule has 0 fully saturated rings. The van der Waals surface area contributed by atoms with Crippen molar-refractivity contribution < 1.29 is 22.8 Å². The third-order valence-corrected chi connectivity index (χ3v) is 3.02. The van der Waals surface area contributed by atoms with Gasteiger partial charge in [0.1, 0.15) is 0 Å². The van der Waals surface area contributed by atoms with Crippen LogP contribution in [0.3, 0.4) is 0 Å². The molecule has 0 heterocycles. The predicted octanol–water partition coefficient (Wildman–Crippen LogP) is 3.29. The highest BCUT2D eigenvalue weighted by Gasteiger charge is 2.30. The van der Waals surface area contributed by atoms with E-state index in [1.54, 1.807) is 0 Å². The monoisotopic (exact) mass is 316 g/mol. The van der Waals surface area contributed by atoms with Crippen molar-refractivity contribution in [1.29, 1.82) is 0 Å². The van der Waals surface area contributed by atoms with Gasteiger partial charge in [-0.3, -0.25) is 9.59 Å². The molecule has 0 aromatic heterocycles. The second-order valence-corrected chi connectivity index (χ2v) is 4.88. The zero-order chi connectivity index (χ0) is 16.8. The van der Waals surface area contributed by atoms with Crippen molar-refractivity contribution in [3.8, 4) is 0 Å². The molecule has 0 atom stereocenters. The fraction of sp³-hybridized carbons (Fsp3) is 0.467. The molecule has 0 unspecified atom stereocenters. The average molecular weight is 316 g/mol. The molecule has 1 aromatic rings. The van der Waals surface area contributed by atoms with Crippen molar-refractivity contribution in [1.82, 2.24) is 4.90 Å². The van der Waals surface area contributed by atoms with Crippen molar-refractivity contribution in [3.63, 3.8) is 0 Å². The minimum atomic E-state index is -4.45. The van der Waals surface area contributed by atoms with Crippen molar-refractivity contribution in [2.75, 3.05) is 18.4 Å². The summed E-state index contributed by atoms with van der Waals surface area (Å²) in [5.74, 6) is -0.560. The molecule has 0 radical (unpaired) electrons. The molecule has 2 amide bonds. The molecule has 1 N–H and O–H groups in total. The number of carbonyl (C=O) groups excluding carboxylic acids is 2. The lowest BCUT2D eigenvalue weighted by molar-refractivity contribution is -0.137. The van der Waals surface area contributed by atoms with Crippen LogP contribution in [0.15, 0.2) is 24.3 Å². The molecule has 0 bridgehead atoms. The number of benzene rings is 1. The van der Waals surface area contributed by atoms with E-state index in [1.807, 2.05) is 6.92 Å². The second kappa shape index (κ2) is 7.82. The first-order valence-corrected chi connectivity index (χ1v) is 6.96. The van der Waals surface area contributed by atoms with Crippen LogP contribution in [0.5, 0.6) is 0 Å². The normalized spacial score (nSPS) is 11.1. The molecule has 4 nitrogen and oxygen atoms in total. The van der Waals surface area contributed by atoms with Crippen molar-refractivity contribution >= 4 is 17.5 Å². The van der Waals surface area contributed by atoms with Crippen LogP contribution >= 0.6 is 0 Å². The quantitative estimate of drug-likeness (QED) is 0.875. The van der Waals surface area contributed by atoms with Crippen molar-refractivity contribution in [2.24, 2.45) is 0 Å². The van der Waals surface area contributed by atoms with Crippen LogP contribution in [0, 0.1) is 0 Å². The minimum absolute atomic E-state index is 0.0375. The second-order valence-electron chi connectivity index (χ2n) is 4.88. The fourth-order valence-electron chi connectivity index (χ4n) is 1.93. The number of alkyl halides is 3. The van der Waals surface area contributed by atoms with Crippen LogP contribution < -0.4 is 5.32 Å². The van der Waals surface area contributed by atoms with Gasteiger partial charge < -0.3 is 10.2 Å². The van der Waals surface area contributed by atoms with E-state index >= 15 is 0 Å². The summed E-state index contributed by atoms with van der Waals surface area (Å²) >= 11 is 0. The predicted molar refractivity (Wildman–Crippen MR) is 77.2 cm³/mol. The summed E-state index contributed by atoms with van der Waals surface area (Å²) in [5.41, 5.74) is -0.730. The Kier molecular flexibility index (Phi) is 6.39. The summed E-state index contributed by atoms with van der Waals surface area (Å²) < 4.78 is 37.7. The minimum Gasteiger partial charge on any atom is -0.342 e. The Labute approximate surface area is 127 Å². The van der Waals surface area contributed by atoms with Crippen LogP contribution in [0.1, 0.15) is 32.3 Å². The summed E-state index contributed by atoms with van der Waals surface area (Å²) in [6.07, 6.45) is -3.64. The van der Waals surface area contributed by atoms with Gasteiger partial charge in [0, 0.05) is 32.1 Å². The van der Waals surface area contributed by atoms with E-state index in [2.05, 4.69) is 5.32 Å². The van der Waals surface area contributed by atoms with Crippen LogP contribution in [0.4, 0.5) is 18.9 Å². The molecule has 0 aliphatic rings. The van der Waals surface area contributed by atoms with E-state index in [0.717, 1.165) is 18.6 Å². The van der Waals surface area contributed by atoms with E-state index < -0.39 is 17.6 Å². The van der Waals surface area contributed by atoms with E-state index in [1.165, 1.54) is 24.0 Å². The highest BCUT2D eigenvalue weighted by Crippen LogP contribution is 2.30. The molecular formula is C15H19F3N2O2. The third kappa shape index (κ3) is 5.75. The topological polar surface area (TPSA) is 49.4 Å². The lowest BCUT2D eigenvalue weighted by atomic mass is 10.2. The third-order valence-electron chi connectivity index (χ3n) is 3.02. The zero-order valence-corrected chi connectivity index (χ0v) is 12.5. The Hall–Kier alpha value is -2.05. The summed E-state index contributed by atoms with van der Waals surface area (Å²) in [6, 6.07) is 4.44. The van der Waals surface area contributed by atoms with Crippen LogP contribution in [-0.4, -0.2) is 29.8 Å². The van der Waals surface area contributed by atoms with Gasteiger partial charge in [0.05, 0.1) is 5.56 Å². The lowest BCUT2D eigenvalue weighted by Crippen LogP contribution is -2.32. The van der Waals surface area contributed by atoms with Crippen LogP contribution in [0.25, 0.3) is 0 Å². The Bertz CT molecular complexity index is 530. The largest absolute Gasteiger partial charge is 0.416 e. The van der Waals surface area contributed by atoms with Crippen LogP contribution in [-0.2, 0) is 15.8 Å². The van der Waals surface area contributed by atoms with E-state index in [4.69, 9.17) is 0 Å². The Morgan fingerprint density at radius 3 is 2.45 bits per heavy atom. The fourth-order valence-corrected chi connectivity index (χ4v) is 1.93. The van der Waals surface area contributed by atoms with Gasteiger partial charge in [-0.1, -0.05) is 13.0 Å². The molecule has 0 spiro atoms. The van der Waals surface area contributed by atoms with Gasteiger partial charge in [-0.05, 0) is 24.6 Å². The van der Waals surface area contributed by atoms with Gasteiger partial charge in [0.15, 0.2) is 0 Å². The number of hydrogen-bond acceptors (Lipinski definition) is 2. The highest BCUT2D eigenvalue weighted by atomic mass is 19.4. The summed E-state index contributed by atoms with van der Waals surface area (Å²) in [6.45, 7) is 4.12. The van der Waals surface area contributed by atoms with E-state index in [9.17, 15) is 22.8 Å². The molecular weight excluding hydrogens is 297 g/mol. The van der Waals surface area contributed by atoms with E-state index in [0.29, 0.717) is 6.54 Å². The number of hydrogen-bond donors (Lipinski definition) is 1. The number of nitrogens with zero attached hydrogens (tertiary/aromatic N) is 1. The number of amides is 2. The zero-order valence-electron chi connectivity index (χ0n) is 12.5. The van der Waals surface area contributed by atoms with Gasteiger partial charge in [0.2, 0.25) is 11.8 Å². The number of nitrogens with one attached hydrogen (secondary N) is 1. The average Bonchev–Trinajstić information content (AvgIpc) is 2.42. The maximum absolute atomic E-state index is 12.6. The van der Waals surface area contributed by atoms with Gasteiger partial charge in [-0.25, -0.2) is 0 Å². The summed E-state index contributed by atoms with van der Waals surface area (Å²) in [5, 5.41) is 2.41. The standard InChI is InChI=1S/C15H19F3N2O2/c1-3-8-20(11(2)21)9-7-14(22)19-13-6-4-5-12(10-13)15(16,17)18/h4-6,10H,3,7-9H2,1-2H3,(H,19,22). The maximum Gasteiger partial charge on any atom is 0.416 e. The first-order chi connectivity index (χ1) is 10.2. The lowest BCUT2D eigenvalue weighted by Gasteiger charge is -2.19. The highest BCUT2D eigenvalue weighted by molar-refractivity contribution is 5.91. The van der Waals surface area contributed by atoms with Gasteiger partial charge >= 0.3 is 6.18 Å². The number of anilines is 1. The number of halogens is 3. The molecule has 0 saturated heterocycles. The molecule has 0 saturated carbocycles. The molecule has 1 aromatic carbocycles. The Morgan fingerprint density at radius 1 is 1.23 bits per heavy atom. The Balaban J connectivity index is 2.60. The maximum atomic E-state index is 12.6. The van der Waals surface area contributed by atoms with Gasteiger partial charge in [-0.2, -0.15) is 13.2 Å². The number of carbonyl (C=O) groups is 2.